The second kappa shape index (κ2) is 5.11. The Morgan fingerprint density at radius 2 is 2.37 bits per heavy atom. The number of hydrogen-bond donors (Lipinski definition) is 2. The van der Waals surface area contributed by atoms with Crippen molar-refractivity contribution >= 4 is 17.4 Å². The lowest BCUT2D eigenvalue weighted by Crippen LogP contribution is -2.48. The van der Waals surface area contributed by atoms with Crippen LogP contribution in [0.2, 0.25) is 0 Å². The van der Waals surface area contributed by atoms with Gasteiger partial charge in [-0.2, -0.15) is 0 Å². The first-order valence-corrected chi connectivity index (χ1v) is 7.44. The van der Waals surface area contributed by atoms with E-state index in [9.17, 15) is 5.11 Å². The largest absolute Gasteiger partial charge is 0.394 e. The fourth-order valence-electron chi connectivity index (χ4n) is 2.63. The summed E-state index contributed by atoms with van der Waals surface area (Å²) in [5, 5.41) is 19.1. The molecular formula is C13H18N4OS. The van der Waals surface area contributed by atoms with Crippen LogP contribution in [0.25, 0.3) is 5.65 Å². The highest BCUT2D eigenvalue weighted by molar-refractivity contribution is 7.99. The molecule has 0 amide bonds. The number of aliphatic hydroxyl groups is 1. The molecular weight excluding hydrogens is 260 g/mol. The van der Waals surface area contributed by atoms with Crippen LogP contribution in [-0.2, 0) is 0 Å². The molecule has 3 rings (SSSR count). The molecule has 3 N–H and O–H groups in total. The zero-order valence-electron chi connectivity index (χ0n) is 10.7. The molecule has 2 aromatic rings. The quantitative estimate of drug-likeness (QED) is 0.888. The number of nitrogens with two attached hydrogens (primary N) is 1. The number of thioether (sulfide) groups is 1. The van der Waals surface area contributed by atoms with Gasteiger partial charge in [0.25, 0.3) is 0 Å². The lowest BCUT2D eigenvalue weighted by molar-refractivity contribution is 0.159. The first-order chi connectivity index (χ1) is 9.20. The summed E-state index contributed by atoms with van der Waals surface area (Å²) in [5.74, 6) is 0. The van der Waals surface area contributed by atoms with Gasteiger partial charge >= 0.3 is 0 Å². The standard InChI is InChI=1S/C13H18N4OS/c14-13(9-18)6-3-4-10(8-13)19-12-16-15-11-5-1-2-7-17(11)12/h1-2,5,7,10,18H,3-4,6,8-9,14H2. The van der Waals surface area contributed by atoms with Crippen molar-refractivity contribution in [2.24, 2.45) is 5.73 Å². The minimum atomic E-state index is -0.420. The summed E-state index contributed by atoms with van der Waals surface area (Å²) in [4.78, 5) is 0. The summed E-state index contributed by atoms with van der Waals surface area (Å²) >= 11 is 1.72. The molecule has 19 heavy (non-hydrogen) atoms. The number of aromatic nitrogens is 3. The molecule has 1 saturated carbocycles. The maximum atomic E-state index is 9.40. The SMILES string of the molecule is NC1(CO)CCCC(Sc2nnc3ccccn23)C1. The van der Waals surface area contributed by atoms with Gasteiger partial charge in [0.1, 0.15) is 0 Å². The Hall–Kier alpha value is -1.11. The number of pyridine rings is 1. The molecule has 6 heteroatoms. The molecule has 0 aromatic carbocycles. The number of fused-ring (bicyclic) bond motifs is 1. The van der Waals surface area contributed by atoms with Gasteiger partial charge < -0.3 is 10.8 Å². The Balaban J connectivity index is 1.78. The van der Waals surface area contributed by atoms with E-state index in [0.717, 1.165) is 36.5 Å². The Morgan fingerprint density at radius 1 is 1.47 bits per heavy atom. The van der Waals surface area contributed by atoms with Gasteiger partial charge in [0, 0.05) is 17.0 Å². The third-order valence-electron chi connectivity index (χ3n) is 3.70. The topological polar surface area (TPSA) is 76.4 Å². The predicted molar refractivity (Wildman–Crippen MR) is 75.1 cm³/mol. The minimum absolute atomic E-state index is 0.0602. The molecule has 2 heterocycles. The van der Waals surface area contributed by atoms with Gasteiger partial charge in [-0.05, 0) is 31.4 Å². The van der Waals surface area contributed by atoms with Gasteiger partial charge in [-0.1, -0.05) is 24.2 Å². The summed E-state index contributed by atoms with van der Waals surface area (Å²) in [6.45, 7) is 0.0602. The van der Waals surface area contributed by atoms with E-state index in [2.05, 4.69) is 10.2 Å². The van der Waals surface area contributed by atoms with Crippen LogP contribution in [0, 0.1) is 0 Å². The van der Waals surface area contributed by atoms with Crippen molar-refractivity contribution in [2.45, 2.75) is 41.6 Å². The monoisotopic (exact) mass is 278 g/mol. The molecule has 0 spiro atoms. The zero-order valence-corrected chi connectivity index (χ0v) is 11.5. The molecule has 1 fully saturated rings. The van der Waals surface area contributed by atoms with E-state index in [1.54, 1.807) is 11.8 Å². The van der Waals surface area contributed by atoms with E-state index < -0.39 is 5.54 Å². The third kappa shape index (κ3) is 2.61. The number of hydrogen-bond acceptors (Lipinski definition) is 5. The first kappa shape index (κ1) is 12.9. The highest BCUT2D eigenvalue weighted by atomic mass is 32.2. The van der Waals surface area contributed by atoms with Crippen molar-refractivity contribution in [3.63, 3.8) is 0 Å². The third-order valence-corrected chi connectivity index (χ3v) is 4.93. The summed E-state index contributed by atoms with van der Waals surface area (Å²) in [5.41, 5.74) is 6.63. The van der Waals surface area contributed by atoms with Gasteiger partial charge in [0.2, 0.25) is 0 Å². The number of rotatable bonds is 3. The highest BCUT2D eigenvalue weighted by Crippen LogP contribution is 2.36. The van der Waals surface area contributed by atoms with E-state index in [-0.39, 0.29) is 6.61 Å². The molecule has 0 saturated heterocycles. The first-order valence-electron chi connectivity index (χ1n) is 6.56. The molecule has 2 aromatic heterocycles. The van der Waals surface area contributed by atoms with Crippen LogP contribution in [0.15, 0.2) is 29.6 Å². The second-order valence-corrected chi connectivity index (χ2v) is 6.54. The Kier molecular flexibility index (Phi) is 3.47. The fourth-order valence-corrected chi connectivity index (χ4v) is 3.99. The van der Waals surface area contributed by atoms with Crippen molar-refractivity contribution in [3.05, 3.63) is 24.4 Å². The summed E-state index contributed by atoms with van der Waals surface area (Å²) in [6.07, 6.45) is 5.89. The zero-order chi connectivity index (χ0) is 13.3. The lowest BCUT2D eigenvalue weighted by Gasteiger charge is -2.35. The molecule has 2 atom stereocenters. The van der Waals surface area contributed by atoms with Gasteiger partial charge in [0.05, 0.1) is 6.61 Å². The number of nitrogens with zero attached hydrogens (tertiary/aromatic N) is 3. The summed E-state index contributed by atoms with van der Waals surface area (Å²) in [6, 6.07) is 5.87. The van der Waals surface area contributed by atoms with Crippen LogP contribution in [0.1, 0.15) is 25.7 Å². The lowest BCUT2D eigenvalue weighted by atomic mass is 9.83. The molecule has 0 radical (unpaired) electrons. The van der Waals surface area contributed by atoms with Gasteiger partial charge in [-0.3, -0.25) is 4.40 Å². The van der Waals surface area contributed by atoms with E-state index in [1.807, 2.05) is 28.8 Å². The Morgan fingerprint density at radius 3 is 3.21 bits per heavy atom. The Bertz CT molecular complexity index is 573. The molecule has 0 bridgehead atoms. The fraction of sp³-hybridized carbons (Fsp3) is 0.538. The van der Waals surface area contributed by atoms with Crippen LogP contribution in [0.4, 0.5) is 0 Å². The van der Waals surface area contributed by atoms with E-state index >= 15 is 0 Å². The van der Waals surface area contributed by atoms with Gasteiger partial charge in [-0.15, -0.1) is 10.2 Å². The van der Waals surface area contributed by atoms with Crippen molar-refractivity contribution in [3.8, 4) is 0 Å². The van der Waals surface area contributed by atoms with Gasteiger partial charge in [-0.25, -0.2) is 0 Å². The predicted octanol–water partition coefficient (Wildman–Crippen LogP) is 1.45. The highest BCUT2D eigenvalue weighted by Gasteiger charge is 2.33. The van der Waals surface area contributed by atoms with E-state index in [4.69, 9.17) is 5.73 Å². The van der Waals surface area contributed by atoms with Crippen molar-refractivity contribution in [2.75, 3.05) is 6.61 Å². The molecule has 1 aliphatic rings. The van der Waals surface area contributed by atoms with Crippen LogP contribution >= 0.6 is 11.8 Å². The van der Waals surface area contributed by atoms with Crippen LogP contribution < -0.4 is 5.73 Å². The van der Waals surface area contributed by atoms with Crippen LogP contribution in [0.5, 0.6) is 0 Å². The van der Waals surface area contributed by atoms with E-state index in [0.29, 0.717) is 5.25 Å². The van der Waals surface area contributed by atoms with Crippen molar-refractivity contribution in [1.29, 1.82) is 0 Å². The van der Waals surface area contributed by atoms with Gasteiger partial charge in [0.15, 0.2) is 10.8 Å². The maximum Gasteiger partial charge on any atom is 0.195 e. The second-order valence-electron chi connectivity index (χ2n) is 5.27. The minimum Gasteiger partial charge on any atom is -0.394 e. The molecule has 102 valence electrons. The van der Waals surface area contributed by atoms with Crippen molar-refractivity contribution < 1.29 is 5.11 Å². The van der Waals surface area contributed by atoms with Crippen LogP contribution in [-0.4, -0.2) is 37.1 Å². The molecule has 5 nitrogen and oxygen atoms in total. The average Bonchev–Trinajstić information content (AvgIpc) is 2.83. The maximum absolute atomic E-state index is 9.40. The number of aliphatic hydroxyl groups excluding tert-OH is 1. The summed E-state index contributed by atoms with van der Waals surface area (Å²) < 4.78 is 2.00. The molecule has 2 unspecified atom stereocenters. The van der Waals surface area contributed by atoms with E-state index in [1.165, 1.54) is 0 Å². The summed E-state index contributed by atoms with van der Waals surface area (Å²) in [7, 11) is 0. The van der Waals surface area contributed by atoms with Crippen LogP contribution in [0.3, 0.4) is 0 Å². The molecule has 0 aliphatic heterocycles. The molecule has 1 aliphatic carbocycles. The Labute approximate surface area is 116 Å². The van der Waals surface area contributed by atoms with Crippen molar-refractivity contribution in [1.82, 2.24) is 14.6 Å². The smallest absolute Gasteiger partial charge is 0.195 e. The average molecular weight is 278 g/mol. The normalized spacial score (nSPS) is 27.8.